The van der Waals surface area contributed by atoms with Crippen molar-refractivity contribution >= 4 is 11.6 Å². The molecule has 0 fully saturated rings. The van der Waals surface area contributed by atoms with Crippen molar-refractivity contribution in [2.24, 2.45) is 5.92 Å². The summed E-state index contributed by atoms with van der Waals surface area (Å²) in [6.07, 6.45) is 2.47. The number of aryl methyl sites for hydroxylation is 1. The minimum absolute atomic E-state index is 0.0592. The molecule has 0 saturated heterocycles. The highest BCUT2D eigenvalue weighted by Crippen LogP contribution is 2.10. The first-order valence-corrected chi connectivity index (χ1v) is 6.87. The molecule has 2 aromatic rings. The van der Waals surface area contributed by atoms with Gasteiger partial charge in [0.1, 0.15) is 11.3 Å². The van der Waals surface area contributed by atoms with Gasteiger partial charge in [0, 0.05) is 11.9 Å². The molecule has 0 aliphatic carbocycles. The lowest BCUT2D eigenvalue weighted by Crippen LogP contribution is -2.38. The first-order chi connectivity index (χ1) is 9.51. The van der Waals surface area contributed by atoms with Crippen LogP contribution in [0.4, 0.5) is 0 Å². The second-order valence-electron chi connectivity index (χ2n) is 5.50. The Labute approximate surface area is 118 Å². The lowest BCUT2D eigenvalue weighted by atomic mass is 10.0. The predicted molar refractivity (Wildman–Crippen MR) is 77.7 cm³/mol. The zero-order chi connectivity index (χ0) is 14.7. The maximum atomic E-state index is 12.2. The summed E-state index contributed by atoms with van der Waals surface area (Å²) in [5.74, 6) is 0.170. The number of carbonyl (C=O) groups excluding carboxylic acids is 1. The van der Waals surface area contributed by atoms with Crippen LogP contribution in [-0.2, 0) is 0 Å². The SMILES string of the molecule is Cc1cccc2nc(C(=O)NC(CO)CC(C)C)cn12. The van der Waals surface area contributed by atoms with E-state index in [0.29, 0.717) is 11.6 Å². The number of aromatic nitrogens is 2. The third-order valence-electron chi connectivity index (χ3n) is 3.24. The summed E-state index contributed by atoms with van der Waals surface area (Å²) in [7, 11) is 0. The number of aliphatic hydroxyl groups excluding tert-OH is 1. The predicted octanol–water partition coefficient (Wildman–Crippen LogP) is 1.78. The lowest BCUT2D eigenvalue weighted by molar-refractivity contribution is 0.0904. The van der Waals surface area contributed by atoms with Gasteiger partial charge in [-0.25, -0.2) is 4.98 Å². The van der Waals surface area contributed by atoms with E-state index in [4.69, 9.17) is 0 Å². The lowest BCUT2D eigenvalue weighted by Gasteiger charge is -2.17. The van der Waals surface area contributed by atoms with Gasteiger partial charge < -0.3 is 14.8 Å². The van der Waals surface area contributed by atoms with Gasteiger partial charge in [0.25, 0.3) is 5.91 Å². The minimum Gasteiger partial charge on any atom is -0.394 e. The maximum Gasteiger partial charge on any atom is 0.271 e. The third-order valence-corrected chi connectivity index (χ3v) is 3.24. The summed E-state index contributed by atoms with van der Waals surface area (Å²) < 4.78 is 1.88. The van der Waals surface area contributed by atoms with Gasteiger partial charge in [-0.15, -0.1) is 0 Å². The molecular weight excluding hydrogens is 254 g/mol. The Morgan fingerprint density at radius 2 is 2.20 bits per heavy atom. The summed E-state index contributed by atoms with van der Waals surface area (Å²) >= 11 is 0. The number of rotatable bonds is 5. The van der Waals surface area contributed by atoms with Crippen LogP contribution in [0.2, 0.25) is 0 Å². The average molecular weight is 275 g/mol. The van der Waals surface area contributed by atoms with Crippen LogP contribution in [0, 0.1) is 12.8 Å². The molecular formula is C15H21N3O2. The molecule has 2 heterocycles. The first-order valence-electron chi connectivity index (χ1n) is 6.87. The van der Waals surface area contributed by atoms with Gasteiger partial charge in [-0.3, -0.25) is 4.79 Å². The Hall–Kier alpha value is -1.88. The summed E-state index contributed by atoms with van der Waals surface area (Å²) in [6, 6.07) is 5.51. The second-order valence-corrected chi connectivity index (χ2v) is 5.50. The van der Waals surface area contributed by atoms with Gasteiger partial charge >= 0.3 is 0 Å². The van der Waals surface area contributed by atoms with Crippen LogP contribution in [0.15, 0.2) is 24.4 Å². The van der Waals surface area contributed by atoms with Crippen molar-refractivity contribution in [1.82, 2.24) is 14.7 Å². The summed E-state index contributed by atoms with van der Waals surface area (Å²) in [5.41, 5.74) is 2.15. The molecule has 0 aliphatic heterocycles. The van der Waals surface area contributed by atoms with Crippen molar-refractivity contribution in [1.29, 1.82) is 0 Å². The average Bonchev–Trinajstić information content (AvgIpc) is 2.83. The van der Waals surface area contributed by atoms with E-state index in [1.54, 1.807) is 6.20 Å². The maximum absolute atomic E-state index is 12.2. The molecule has 1 atom stereocenters. The minimum atomic E-state index is -0.243. The van der Waals surface area contributed by atoms with Crippen molar-refractivity contribution in [3.8, 4) is 0 Å². The van der Waals surface area contributed by atoms with E-state index in [2.05, 4.69) is 24.1 Å². The number of nitrogens with one attached hydrogen (secondary N) is 1. The number of aliphatic hydroxyl groups is 1. The number of imidazole rings is 1. The van der Waals surface area contributed by atoms with Crippen LogP contribution < -0.4 is 5.32 Å². The van der Waals surface area contributed by atoms with E-state index in [0.717, 1.165) is 17.8 Å². The molecule has 0 bridgehead atoms. The highest BCUT2D eigenvalue weighted by atomic mass is 16.3. The fourth-order valence-corrected chi connectivity index (χ4v) is 2.27. The largest absolute Gasteiger partial charge is 0.394 e. The van der Waals surface area contributed by atoms with Crippen molar-refractivity contribution in [3.05, 3.63) is 35.8 Å². The van der Waals surface area contributed by atoms with Crippen LogP contribution in [0.3, 0.4) is 0 Å². The Kier molecular flexibility index (Phi) is 4.39. The molecule has 5 nitrogen and oxygen atoms in total. The summed E-state index contributed by atoms with van der Waals surface area (Å²) in [4.78, 5) is 16.5. The van der Waals surface area contributed by atoms with E-state index in [1.165, 1.54) is 0 Å². The molecule has 2 N–H and O–H groups in total. The van der Waals surface area contributed by atoms with Crippen LogP contribution >= 0.6 is 0 Å². The zero-order valence-electron chi connectivity index (χ0n) is 12.1. The van der Waals surface area contributed by atoms with Crippen LogP contribution in [0.25, 0.3) is 5.65 Å². The number of pyridine rings is 1. The fourth-order valence-electron chi connectivity index (χ4n) is 2.27. The molecule has 0 aromatic carbocycles. The number of hydrogen-bond acceptors (Lipinski definition) is 3. The number of nitrogens with zero attached hydrogens (tertiary/aromatic N) is 2. The third kappa shape index (κ3) is 3.17. The van der Waals surface area contributed by atoms with E-state index in [1.807, 2.05) is 29.5 Å². The summed E-state index contributed by atoms with van der Waals surface area (Å²) in [6.45, 7) is 6.02. The van der Waals surface area contributed by atoms with Gasteiger partial charge in [0.05, 0.1) is 12.6 Å². The molecule has 108 valence electrons. The van der Waals surface area contributed by atoms with Crippen molar-refractivity contribution < 1.29 is 9.90 Å². The van der Waals surface area contributed by atoms with Gasteiger partial charge in [-0.2, -0.15) is 0 Å². The highest BCUT2D eigenvalue weighted by molar-refractivity contribution is 5.93. The van der Waals surface area contributed by atoms with E-state index < -0.39 is 0 Å². The molecule has 2 aromatic heterocycles. The number of fused-ring (bicyclic) bond motifs is 1. The topological polar surface area (TPSA) is 66.6 Å². The molecule has 0 radical (unpaired) electrons. The Balaban J connectivity index is 2.16. The van der Waals surface area contributed by atoms with Gasteiger partial charge in [-0.05, 0) is 31.4 Å². The molecule has 1 unspecified atom stereocenters. The number of hydrogen-bond donors (Lipinski definition) is 2. The van der Waals surface area contributed by atoms with Crippen molar-refractivity contribution in [3.63, 3.8) is 0 Å². The molecule has 5 heteroatoms. The molecule has 0 aliphatic rings. The van der Waals surface area contributed by atoms with E-state index >= 15 is 0 Å². The Morgan fingerprint density at radius 1 is 1.45 bits per heavy atom. The van der Waals surface area contributed by atoms with E-state index in [-0.39, 0.29) is 18.6 Å². The quantitative estimate of drug-likeness (QED) is 0.874. The monoisotopic (exact) mass is 275 g/mol. The van der Waals surface area contributed by atoms with Gasteiger partial charge in [0.15, 0.2) is 0 Å². The van der Waals surface area contributed by atoms with Gasteiger partial charge in [-0.1, -0.05) is 19.9 Å². The highest BCUT2D eigenvalue weighted by Gasteiger charge is 2.17. The van der Waals surface area contributed by atoms with Crippen molar-refractivity contribution in [2.45, 2.75) is 33.2 Å². The molecule has 0 saturated carbocycles. The van der Waals surface area contributed by atoms with Crippen LogP contribution in [0.1, 0.15) is 36.5 Å². The molecule has 0 spiro atoms. The summed E-state index contributed by atoms with van der Waals surface area (Å²) in [5, 5.41) is 12.1. The number of carbonyl (C=O) groups is 1. The fraction of sp³-hybridized carbons (Fsp3) is 0.467. The smallest absolute Gasteiger partial charge is 0.271 e. The zero-order valence-corrected chi connectivity index (χ0v) is 12.1. The normalized spacial score (nSPS) is 12.8. The molecule has 20 heavy (non-hydrogen) atoms. The van der Waals surface area contributed by atoms with Gasteiger partial charge in [0.2, 0.25) is 0 Å². The van der Waals surface area contributed by atoms with E-state index in [9.17, 15) is 9.90 Å². The standard InChI is InChI=1S/C15H21N3O2/c1-10(2)7-12(9-19)16-15(20)13-8-18-11(3)5-4-6-14(18)17-13/h4-6,8,10,12,19H,7,9H2,1-3H3,(H,16,20). The first kappa shape index (κ1) is 14.5. The van der Waals surface area contributed by atoms with Crippen LogP contribution in [0.5, 0.6) is 0 Å². The molecule has 2 rings (SSSR count). The van der Waals surface area contributed by atoms with Crippen molar-refractivity contribution in [2.75, 3.05) is 6.61 Å². The Bertz CT molecular complexity index is 604. The Morgan fingerprint density at radius 3 is 2.80 bits per heavy atom. The number of amides is 1. The van der Waals surface area contributed by atoms with Crippen LogP contribution in [-0.4, -0.2) is 33.0 Å². The molecule has 1 amide bonds. The second kappa shape index (κ2) is 6.05.